The first-order valence-electron chi connectivity index (χ1n) is 4.12. The smallest absolute Gasteiger partial charge is 0.233 e. The first-order chi connectivity index (χ1) is 5.20. The molecule has 0 saturated carbocycles. The van der Waals surface area contributed by atoms with Crippen LogP contribution in [0.2, 0.25) is 0 Å². The molecule has 3 nitrogen and oxygen atoms in total. The van der Waals surface area contributed by atoms with E-state index in [1.54, 1.807) is 7.05 Å². The Balaban J connectivity index is 3.30. The highest BCUT2D eigenvalue weighted by Gasteiger charge is 2.01. The second-order valence-corrected chi connectivity index (χ2v) is 2.85. The molecule has 0 aliphatic carbocycles. The van der Waals surface area contributed by atoms with Crippen LogP contribution in [-0.2, 0) is 4.79 Å². The Hall–Kier alpha value is -0.570. The number of amides is 1. The van der Waals surface area contributed by atoms with Crippen molar-refractivity contribution >= 4 is 5.91 Å². The largest absolute Gasteiger partial charge is 0.355 e. The van der Waals surface area contributed by atoms with Gasteiger partial charge in [-0.3, -0.25) is 4.79 Å². The average molecular weight is 158 g/mol. The Bertz CT molecular complexity index is 115. The third-order valence-electron chi connectivity index (χ3n) is 1.68. The van der Waals surface area contributed by atoms with E-state index in [1.165, 1.54) is 0 Å². The van der Waals surface area contributed by atoms with Crippen LogP contribution >= 0.6 is 0 Å². The van der Waals surface area contributed by atoms with Gasteiger partial charge >= 0.3 is 0 Å². The molecule has 0 rings (SSSR count). The number of hydrogen-bond acceptors (Lipinski definition) is 2. The lowest BCUT2D eigenvalue weighted by Gasteiger charge is -2.09. The molecule has 0 spiro atoms. The van der Waals surface area contributed by atoms with E-state index in [0.29, 0.717) is 12.5 Å². The van der Waals surface area contributed by atoms with Crippen LogP contribution in [0.4, 0.5) is 0 Å². The van der Waals surface area contributed by atoms with Crippen molar-refractivity contribution < 1.29 is 4.79 Å². The molecule has 0 saturated heterocycles. The number of carbonyl (C=O) groups is 1. The average Bonchev–Trinajstić information content (AvgIpc) is 2.01. The predicted octanol–water partition coefficient (Wildman–Crippen LogP) is 0.368. The quantitative estimate of drug-likeness (QED) is 0.607. The molecule has 1 atom stereocenters. The van der Waals surface area contributed by atoms with Gasteiger partial charge < -0.3 is 10.6 Å². The standard InChI is InChI=1S/C8H18N2O/c1-4-7(2)5-10-8(11)6-9-3/h7,9H,4-6H2,1-3H3,(H,10,11). The van der Waals surface area contributed by atoms with Gasteiger partial charge in [0.1, 0.15) is 0 Å². The molecule has 0 aliphatic heterocycles. The van der Waals surface area contributed by atoms with Crippen molar-refractivity contribution in [2.45, 2.75) is 20.3 Å². The maximum Gasteiger partial charge on any atom is 0.233 e. The Morgan fingerprint density at radius 3 is 2.64 bits per heavy atom. The van der Waals surface area contributed by atoms with Crippen LogP contribution in [0, 0.1) is 5.92 Å². The third-order valence-corrected chi connectivity index (χ3v) is 1.68. The molecule has 66 valence electrons. The predicted molar refractivity (Wildman–Crippen MR) is 46.4 cm³/mol. The number of rotatable bonds is 5. The van der Waals surface area contributed by atoms with Gasteiger partial charge in [-0.25, -0.2) is 0 Å². The van der Waals surface area contributed by atoms with Gasteiger partial charge in [0.15, 0.2) is 0 Å². The van der Waals surface area contributed by atoms with Gasteiger partial charge in [-0.05, 0) is 13.0 Å². The molecular formula is C8H18N2O. The van der Waals surface area contributed by atoms with Gasteiger partial charge in [0.2, 0.25) is 5.91 Å². The summed E-state index contributed by atoms with van der Waals surface area (Å²) in [6.45, 7) is 5.45. The molecule has 0 radical (unpaired) electrons. The molecular weight excluding hydrogens is 140 g/mol. The van der Waals surface area contributed by atoms with Gasteiger partial charge in [0, 0.05) is 6.54 Å². The number of hydrogen-bond donors (Lipinski definition) is 2. The molecule has 2 N–H and O–H groups in total. The highest BCUT2D eigenvalue weighted by atomic mass is 16.1. The van der Waals surface area contributed by atoms with E-state index >= 15 is 0 Å². The van der Waals surface area contributed by atoms with Gasteiger partial charge in [-0.15, -0.1) is 0 Å². The minimum Gasteiger partial charge on any atom is -0.355 e. The first kappa shape index (κ1) is 10.4. The normalized spacial score (nSPS) is 12.6. The van der Waals surface area contributed by atoms with Crippen LogP contribution < -0.4 is 10.6 Å². The van der Waals surface area contributed by atoms with E-state index in [4.69, 9.17) is 0 Å². The third kappa shape index (κ3) is 5.85. The van der Waals surface area contributed by atoms with Crippen molar-refractivity contribution in [3.8, 4) is 0 Å². The number of likely N-dealkylation sites (N-methyl/N-ethyl adjacent to an activating group) is 1. The SMILES string of the molecule is CCC(C)CNC(=O)CNC. The van der Waals surface area contributed by atoms with E-state index in [1.807, 2.05) is 0 Å². The van der Waals surface area contributed by atoms with E-state index in [-0.39, 0.29) is 5.91 Å². The summed E-state index contributed by atoms with van der Waals surface area (Å²) in [5.74, 6) is 0.656. The van der Waals surface area contributed by atoms with Crippen LogP contribution in [-0.4, -0.2) is 26.0 Å². The molecule has 0 fully saturated rings. The molecule has 0 heterocycles. The Labute approximate surface area is 68.6 Å². The molecule has 11 heavy (non-hydrogen) atoms. The fourth-order valence-corrected chi connectivity index (χ4v) is 0.655. The lowest BCUT2D eigenvalue weighted by atomic mass is 10.1. The molecule has 0 bridgehead atoms. The zero-order chi connectivity index (χ0) is 8.69. The summed E-state index contributed by atoms with van der Waals surface area (Å²) in [6.07, 6.45) is 1.11. The summed E-state index contributed by atoms with van der Waals surface area (Å²) in [6, 6.07) is 0. The van der Waals surface area contributed by atoms with Crippen LogP contribution in [0.5, 0.6) is 0 Å². The van der Waals surface area contributed by atoms with Crippen molar-refractivity contribution in [1.29, 1.82) is 0 Å². The summed E-state index contributed by atoms with van der Waals surface area (Å²) in [4.78, 5) is 10.9. The second kappa shape index (κ2) is 6.16. The number of nitrogens with one attached hydrogen (secondary N) is 2. The van der Waals surface area contributed by atoms with E-state index in [0.717, 1.165) is 13.0 Å². The molecule has 0 aromatic heterocycles. The summed E-state index contributed by atoms with van der Waals surface area (Å²) in [5, 5.41) is 5.63. The van der Waals surface area contributed by atoms with Crippen LogP contribution in [0.3, 0.4) is 0 Å². The van der Waals surface area contributed by atoms with Gasteiger partial charge in [-0.2, -0.15) is 0 Å². The fourth-order valence-electron chi connectivity index (χ4n) is 0.655. The Morgan fingerprint density at radius 2 is 2.18 bits per heavy atom. The van der Waals surface area contributed by atoms with E-state index in [2.05, 4.69) is 24.5 Å². The lowest BCUT2D eigenvalue weighted by Crippen LogP contribution is -2.34. The monoisotopic (exact) mass is 158 g/mol. The minimum atomic E-state index is 0.0767. The maximum atomic E-state index is 10.9. The summed E-state index contributed by atoms with van der Waals surface area (Å²) in [5.41, 5.74) is 0. The Kier molecular flexibility index (Phi) is 5.84. The lowest BCUT2D eigenvalue weighted by molar-refractivity contribution is -0.120. The van der Waals surface area contributed by atoms with Crippen molar-refractivity contribution in [3.05, 3.63) is 0 Å². The summed E-state index contributed by atoms with van der Waals surface area (Å²) >= 11 is 0. The molecule has 3 heteroatoms. The zero-order valence-electron chi connectivity index (χ0n) is 7.61. The van der Waals surface area contributed by atoms with Crippen LogP contribution in [0.15, 0.2) is 0 Å². The van der Waals surface area contributed by atoms with Gasteiger partial charge in [0.05, 0.1) is 6.54 Å². The van der Waals surface area contributed by atoms with Crippen molar-refractivity contribution in [1.82, 2.24) is 10.6 Å². The van der Waals surface area contributed by atoms with Gasteiger partial charge in [-0.1, -0.05) is 20.3 Å². The fraction of sp³-hybridized carbons (Fsp3) is 0.875. The van der Waals surface area contributed by atoms with Crippen molar-refractivity contribution in [2.24, 2.45) is 5.92 Å². The van der Waals surface area contributed by atoms with Crippen molar-refractivity contribution in [2.75, 3.05) is 20.1 Å². The molecule has 1 amide bonds. The first-order valence-corrected chi connectivity index (χ1v) is 4.12. The molecule has 0 aliphatic rings. The minimum absolute atomic E-state index is 0.0767. The van der Waals surface area contributed by atoms with E-state index in [9.17, 15) is 4.79 Å². The topological polar surface area (TPSA) is 41.1 Å². The maximum absolute atomic E-state index is 10.9. The summed E-state index contributed by atoms with van der Waals surface area (Å²) in [7, 11) is 1.77. The molecule has 1 unspecified atom stereocenters. The second-order valence-electron chi connectivity index (χ2n) is 2.85. The summed E-state index contributed by atoms with van der Waals surface area (Å²) < 4.78 is 0. The van der Waals surface area contributed by atoms with Crippen LogP contribution in [0.25, 0.3) is 0 Å². The number of carbonyl (C=O) groups excluding carboxylic acids is 1. The molecule has 0 aromatic rings. The van der Waals surface area contributed by atoms with E-state index < -0.39 is 0 Å². The van der Waals surface area contributed by atoms with Crippen LogP contribution in [0.1, 0.15) is 20.3 Å². The van der Waals surface area contributed by atoms with Crippen molar-refractivity contribution in [3.63, 3.8) is 0 Å². The van der Waals surface area contributed by atoms with Gasteiger partial charge in [0.25, 0.3) is 0 Å². The zero-order valence-corrected chi connectivity index (χ0v) is 7.61. The highest BCUT2D eigenvalue weighted by molar-refractivity contribution is 5.77. The molecule has 0 aromatic carbocycles. The Morgan fingerprint density at radius 1 is 1.55 bits per heavy atom. The highest BCUT2D eigenvalue weighted by Crippen LogP contribution is 1.96.